The number of amides is 1. The molecule has 1 aliphatic heterocycles. The van der Waals surface area contributed by atoms with Crippen molar-refractivity contribution in [3.8, 4) is 0 Å². The second-order valence-electron chi connectivity index (χ2n) is 5.19. The van der Waals surface area contributed by atoms with Crippen LogP contribution in [-0.4, -0.2) is 46.0 Å². The predicted octanol–water partition coefficient (Wildman–Crippen LogP) is 2.27. The highest BCUT2D eigenvalue weighted by molar-refractivity contribution is 7.99. The van der Waals surface area contributed by atoms with Crippen molar-refractivity contribution in [3.05, 3.63) is 21.4 Å². The second-order valence-corrected chi connectivity index (χ2v) is 7.48. The number of fused-ring (bicyclic) bond motifs is 1. The van der Waals surface area contributed by atoms with E-state index >= 15 is 0 Å². The van der Waals surface area contributed by atoms with E-state index in [1.165, 1.54) is 28.2 Å². The summed E-state index contributed by atoms with van der Waals surface area (Å²) in [4.78, 5) is 27.5. The van der Waals surface area contributed by atoms with Gasteiger partial charge in [0.15, 0.2) is 0 Å². The molecule has 1 fully saturated rings. The van der Waals surface area contributed by atoms with Crippen LogP contribution in [0.2, 0.25) is 0 Å². The topological polar surface area (TPSA) is 57.6 Å². The Kier molecular flexibility index (Phi) is 4.03. The lowest BCUT2D eigenvalue weighted by atomic mass is 9.99. The van der Waals surface area contributed by atoms with Gasteiger partial charge in [0.05, 0.1) is 4.88 Å². The Morgan fingerprint density at radius 1 is 1.30 bits per heavy atom. The molecule has 0 radical (unpaired) electrons. The molecule has 1 atom stereocenters. The van der Waals surface area contributed by atoms with Gasteiger partial charge in [-0.15, -0.1) is 11.3 Å². The quantitative estimate of drug-likeness (QED) is 0.910. The Morgan fingerprint density at radius 3 is 2.85 bits per heavy atom. The van der Waals surface area contributed by atoms with E-state index in [9.17, 15) is 14.7 Å². The summed E-state index contributed by atoms with van der Waals surface area (Å²) in [5.41, 5.74) is 1.29. The summed E-state index contributed by atoms with van der Waals surface area (Å²) in [7, 11) is 0. The molecule has 20 heavy (non-hydrogen) atoms. The highest BCUT2D eigenvalue weighted by atomic mass is 32.2. The SMILES string of the molecule is O=C(O)C1CSCCN1C(=O)c1cc2c(s1)CCCC2. The van der Waals surface area contributed by atoms with Crippen molar-refractivity contribution in [2.45, 2.75) is 31.7 Å². The molecule has 3 rings (SSSR count). The molecule has 108 valence electrons. The van der Waals surface area contributed by atoms with Crippen LogP contribution < -0.4 is 0 Å². The third kappa shape index (κ3) is 2.59. The molecule has 1 aromatic rings. The maximum atomic E-state index is 12.6. The maximum Gasteiger partial charge on any atom is 0.327 e. The van der Waals surface area contributed by atoms with Gasteiger partial charge < -0.3 is 10.0 Å². The second kappa shape index (κ2) is 5.77. The fourth-order valence-corrected chi connectivity index (χ4v) is 5.04. The number of thiophene rings is 1. The number of carboxylic acid groups (broad SMARTS) is 1. The van der Waals surface area contributed by atoms with Crippen LogP contribution in [0.25, 0.3) is 0 Å². The maximum absolute atomic E-state index is 12.6. The Hall–Kier alpha value is -1.01. The summed E-state index contributed by atoms with van der Waals surface area (Å²) >= 11 is 3.16. The van der Waals surface area contributed by atoms with Crippen molar-refractivity contribution in [1.82, 2.24) is 4.90 Å². The molecule has 6 heteroatoms. The smallest absolute Gasteiger partial charge is 0.327 e. The normalized spacial score (nSPS) is 22.4. The molecule has 1 amide bonds. The molecular weight excluding hydrogens is 294 g/mol. The van der Waals surface area contributed by atoms with Crippen LogP contribution in [0, 0.1) is 0 Å². The van der Waals surface area contributed by atoms with Gasteiger partial charge in [-0.3, -0.25) is 4.79 Å². The van der Waals surface area contributed by atoms with Crippen LogP contribution in [0.4, 0.5) is 0 Å². The number of hydrogen-bond acceptors (Lipinski definition) is 4. The first-order chi connectivity index (χ1) is 9.66. The Bertz CT molecular complexity index is 517. The number of thioether (sulfide) groups is 1. The minimum atomic E-state index is -0.896. The average molecular weight is 311 g/mol. The van der Waals surface area contributed by atoms with Gasteiger partial charge in [-0.05, 0) is 37.3 Å². The largest absolute Gasteiger partial charge is 0.480 e. The first-order valence-electron chi connectivity index (χ1n) is 6.90. The van der Waals surface area contributed by atoms with Crippen LogP contribution in [-0.2, 0) is 17.6 Å². The van der Waals surface area contributed by atoms with Gasteiger partial charge in [-0.2, -0.15) is 11.8 Å². The Morgan fingerprint density at radius 2 is 2.10 bits per heavy atom. The summed E-state index contributed by atoms with van der Waals surface area (Å²) in [6.07, 6.45) is 4.50. The molecular formula is C14H17NO3S2. The van der Waals surface area contributed by atoms with Gasteiger partial charge in [0.25, 0.3) is 5.91 Å². The lowest BCUT2D eigenvalue weighted by molar-refractivity contribution is -0.141. The Balaban J connectivity index is 1.83. The van der Waals surface area contributed by atoms with Crippen LogP contribution in [0.5, 0.6) is 0 Å². The lowest BCUT2D eigenvalue weighted by Gasteiger charge is -2.32. The van der Waals surface area contributed by atoms with Crippen LogP contribution >= 0.6 is 23.1 Å². The minimum Gasteiger partial charge on any atom is -0.480 e. The standard InChI is InChI=1S/C14H17NO3S2/c16-13(15-5-6-19-8-10(15)14(17)18)12-7-9-3-1-2-4-11(9)20-12/h7,10H,1-6,8H2,(H,17,18). The molecule has 2 aliphatic rings. The predicted molar refractivity (Wildman–Crippen MR) is 80.7 cm³/mol. The molecule has 1 aromatic heterocycles. The number of hydrogen-bond donors (Lipinski definition) is 1. The van der Waals surface area contributed by atoms with Gasteiger partial charge >= 0.3 is 5.97 Å². The van der Waals surface area contributed by atoms with Crippen LogP contribution in [0.1, 0.15) is 33.0 Å². The molecule has 4 nitrogen and oxygen atoms in total. The number of nitrogens with zero attached hydrogens (tertiary/aromatic N) is 1. The summed E-state index contributed by atoms with van der Waals surface area (Å²) in [6, 6.07) is 1.31. The number of aliphatic carboxylic acids is 1. The summed E-state index contributed by atoms with van der Waals surface area (Å²) < 4.78 is 0. The van der Waals surface area contributed by atoms with Crippen LogP contribution in [0.15, 0.2) is 6.07 Å². The fourth-order valence-electron chi connectivity index (χ4n) is 2.79. The van der Waals surface area contributed by atoms with Gasteiger partial charge in [0, 0.05) is 22.9 Å². The van der Waals surface area contributed by atoms with E-state index in [0.29, 0.717) is 12.3 Å². The van der Waals surface area contributed by atoms with Crippen molar-refractivity contribution in [3.63, 3.8) is 0 Å². The lowest BCUT2D eigenvalue weighted by Crippen LogP contribution is -2.50. The Labute approximate surface area is 126 Å². The zero-order valence-electron chi connectivity index (χ0n) is 11.1. The van der Waals surface area contributed by atoms with Crippen molar-refractivity contribution in [2.24, 2.45) is 0 Å². The number of carboxylic acids is 1. The fraction of sp³-hybridized carbons (Fsp3) is 0.571. The van der Waals surface area contributed by atoms with Gasteiger partial charge in [-0.25, -0.2) is 4.79 Å². The van der Waals surface area contributed by atoms with E-state index in [-0.39, 0.29) is 5.91 Å². The number of aryl methyl sites for hydroxylation is 2. The molecule has 0 spiro atoms. The van der Waals surface area contributed by atoms with Gasteiger partial charge in [0.1, 0.15) is 6.04 Å². The zero-order chi connectivity index (χ0) is 14.1. The van der Waals surface area contributed by atoms with E-state index in [1.54, 1.807) is 23.1 Å². The van der Waals surface area contributed by atoms with Crippen molar-refractivity contribution >= 4 is 35.0 Å². The summed E-state index contributed by atoms with van der Waals surface area (Å²) in [5, 5.41) is 9.26. The first-order valence-corrected chi connectivity index (χ1v) is 8.87. The van der Waals surface area contributed by atoms with E-state index in [2.05, 4.69) is 0 Å². The molecule has 1 saturated heterocycles. The molecule has 1 unspecified atom stereocenters. The molecule has 0 aromatic carbocycles. The molecule has 1 N–H and O–H groups in total. The van der Waals surface area contributed by atoms with Crippen molar-refractivity contribution in [2.75, 3.05) is 18.1 Å². The molecule has 2 heterocycles. The highest BCUT2D eigenvalue weighted by Gasteiger charge is 2.33. The molecule has 0 bridgehead atoms. The third-order valence-electron chi connectivity index (χ3n) is 3.88. The zero-order valence-corrected chi connectivity index (χ0v) is 12.8. The van der Waals surface area contributed by atoms with Crippen molar-refractivity contribution < 1.29 is 14.7 Å². The number of carbonyl (C=O) groups excluding carboxylic acids is 1. The third-order valence-corrected chi connectivity index (χ3v) is 6.13. The van der Waals surface area contributed by atoms with E-state index < -0.39 is 12.0 Å². The first kappa shape index (κ1) is 13.9. The average Bonchev–Trinajstić information content (AvgIpc) is 2.90. The molecule has 0 saturated carbocycles. The highest BCUT2D eigenvalue weighted by Crippen LogP contribution is 2.31. The van der Waals surface area contributed by atoms with Gasteiger partial charge in [0.2, 0.25) is 0 Å². The van der Waals surface area contributed by atoms with Crippen molar-refractivity contribution in [1.29, 1.82) is 0 Å². The minimum absolute atomic E-state index is 0.0999. The van der Waals surface area contributed by atoms with Gasteiger partial charge in [-0.1, -0.05) is 0 Å². The van der Waals surface area contributed by atoms with E-state index in [4.69, 9.17) is 0 Å². The number of rotatable bonds is 2. The summed E-state index contributed by atoms with van der Waals surface area (Å²) in [5.74, 6) is 0.316. The summed E-state index contributed by atoms with van der Waals surface area (Å²) in [6.45, 7) is 0.531. The monoisotopic (exact) mass is 311 g/mol. The van der Waals surface area contributed by atoms with E-state index in [1.807, 2.05) is 6.07 Å². The van der Waals surface area contributed by atoms with E-state index in [0.717, 1.165) is 23.5 Å². The number of carbonyl (C=O) groups is 2. The van der Waals surface area contributed by atoms with Crippen LogP contribution in [0.3, 0.4) is 0 Å². The molecule has 1 aliphatic carbocycles.